The average Bonchev–Trinajstić information content (AvgIpc) is 3.44. The van der Waals surface area contributed by atoms with E-state index in [0.717, 1.165) is 16.8 Å². The molecule has 4 aromatic rings. The number of nitrogens with zero attached hydrogens (tertiary/aromatic N) is 4. The number of thioether (sulfide) groups is 1. The van der Waals surface area contributed by atoms with Crippen LogP contribution in [-0.4, -0.2) is 53.1 Å². The highest BCUT2D eigenvalue weighted by Gasteiger charge is 2.23. The van der Waals surface area contributed by atoms with E-state index in [1.807, 2.05) is 36.6 Å². The summed E-state index contributed by atoms with van der Waals surface area (Å²) in [5, 5.41) is 9.35. The normalized spacial score (nSPS) is 11.8. The third-order valence-corrected chi connectivity index (χ3v) is 9.36. The van der Waals surface area contributed by atoms with Gasteiger partial charge in [-0.3, -0.25) is 9.36 Å². The highest BCUT2D eigenvalue weighted by atomic mass is 35.5. The Morgan fingerprint density at radius 1 is 1.06 bits per heavy atom. The molecule has 4 rings (SSSR count). The molecule has 0 bridgehead atoms. The number of rotatable bonds is 8. The summed E-state index contributed by atoms with van der Waals surface area (Å²) < 4.78 is 29.1. The number of aryl methyl sites for hydroxylation is 2. The van der Waals surface area contributed by atoms with E-state index in [9.17, 15) is 13.2 Å². The minimum atomic E-state index is -3.63. The zero-order valence-electron chi connectivity index (χ0n) is 19.5. The smallest absolute Gasteiger partial charge is 0.242 e. The van der Waals surface area contributed by atoms with Crippen LogP contribution in [0.15, 0.2) is 64.6 Å². The molecule has 0 N–H and O–H groups in total. The fraction of sp³-hybridized carbons (Fsp3) is 0.208. The summed E-state index contributed by atoms with van der Waals surface area (Å²) in [6.45, 7) is 3.98. The fourth-order valence-corrected chi connectivity index (χ4v) is 6.42. The monoisotopic (exact) mass is 546 g/mol. The van der Waals surface area contributed by atoms with E-state index in [2.05, 4.69) is 10.2 Å². The molecule has 2 aromatic heterocycles. The first-order valence-electron chi connectivity index (χ1n) is 10.6. The number of benzene rings is 2. The summed E-state index contributed by atoms with van der Waals surface area (Å²) in [7, 11) is -0.641. The molecule has 0 unspecified atom stereocenters. The highest BCUT2D eigenvalue weighted by Crippen LogP contribution is 2.33. The second-order valence-electron chi connectivity index (χ2n) is 8.01. The summed E-state index contributed by atoms with van der Waals surface area (Å²) in [5.74, 6) is 0.602. The number of para-hydroxylation sites is 1. The van der Waals surface area contributed by atoms with Gasteiger partial charge in [0, 0.05) is 19.7 Å². The van der Waals surface area contributed by atoms with Gasteiger partial charge in [0.1, 0.15) is 0 Å². The fourth-order valence-electron chi connectivity index (χ4n) is 3.58. The van der Waals surface area contributed by atoms with Gasteiger partial charge < -0.3 is 0 Å². The van der Waals surface area contributed by atoms with Crippen molar-refractivity contribution in [3.05, 3.63) is 74.9 Å². The Morgan fingerprint density at radius 2 is 1.74 bits per heavy atom. The standard InChI is InChI=1S/C24H23ClN4O3S3/c1-15-7-5-8-16(2)22(15)29-23(17-9-6-10-18(13-17)35(31,32)28(3)4)26-27-24(29)33-14-19(30)20-11-12-21(25)34-20/h5-13H,14H2,1-4H3. The molecule has 35 heavy (non-hydrogen) atoms. The van der Waals surface area contributed by atoms with Crippen LogP contribution in [0.5, 0.6) is 0 Å². The lowest BCUT2D eigenvalue weighted by atomic mass is 10.1. The van der Waals surface area contributed by atoms with Gasteiger partial charge in [-0.05, 0) is 49.2 Å². The van der Waals surface area contributed by atoms with Crippen molar-refractivity contribution in [2.75, 3.05) is 19.8 Å². The number of carbonyl (C=O) groups excluding carboxylic acids is 1. The molecule has 0 saturated heterocycles. The largest absolute Gasteiger partial charge is 0.292 e. The molecule has 0 amide bonds. The van der Waals surface area contributed by atoms with E-state index in [1.165, 1.54) is 41.5 Å². The SMILES string of the molecule is Cc1cccc(C)c1-n1c(SCC(=O)c2ccc(Cl)s2)nnc1-c1cccc(S(=O)(=O)N(C)C)c1. The summed E-state index contributed by atoms with van der Waals surface area (Å²) >= 11 is 8.51. The topological polar surface area (TPSA) is 85.2 Å². The summed E-state index contributed by atoms with van der Waals surface area (Å²) in [6.07, 6.45) is 0. The lowest BCUT2D eigenvalue weighted by molar-refractivity contribution is 0.102. The van der Waals surface area contributed by atoms with E-state index in [4.69, 9.17) is 11.6 Å². The Hall–Kier alpha value is -2.50. The summed E-state index contributed by atoms with van der Waals surface area (Å²) in [6, 6.07) is 16.0. The number of aromatic nitrogens is 3. The van der Waals surface area contributed by atoms with Gasteiger partial charge in [0.05, 0.1) is 25.5 Å². The quantitative estimate of drug-likeness (QED) is 0.214. The number of thiophene rings is 1. The first kappa shape index (κ1) is 25.6. The van der Waals surface area contributed by atoms with Crippen LogP contribution in [0.3, 0.4) is 0 Å². The predicted octanol–water partition coefficient (Wildman–Crippen LogP) is 5.49. The molecule has 0 aliphatic rings. The van der Waals surface area contributed by atoms with E-state index in [0.29, 0.717) is 25.8 Å². The van der Waals surface area contributed by atoms with Gasteiger partial charge in [0.2, 0.25) is 10.0 Å². The molecule has 11 heteroatoms. The maximum Gasteiger partial charge on any atom is 0.242 e. The first-order valence-corrected chi connectivity index (χ1v) is 14.2. The number of Topliss-reactive ketones (excluding diaryl/α,β-unsaturated/α-hetero) is 1. The molecule has 7 nitrogen and oxygen atoms in total. The molecule has 0 radical (unpaired) electrons. The minimum absolute atomic E-state index is 0.0522. The van der Waals surface area contributed by atoms with Crippen LogP contribution in [0.4, 0.5) is 0 Å². The Labute approximate surface area is 217 Å². The van der Waals surface area contributed by atoms with Crippen LogP contribution in [-0.2, 0) is 10.0 Å². The van der Waals surface area contributed by atoms with Gasteiger partial charge in [0.15, 0.2) is 16.8 Å². The summed E-state index contributed by atoms with van der Waals surface area (Å²) in [5.41, 5.74) is 3.50. The Balaban J connectivity index is 1.81. The maximum atomic E-state index is 12.7. The van der Waals surface area contributed by atoms with Crippen molar-refractivity contribution in [3.8, 4) is 17.1 Å². The van der Waals surface area contributed by atoms with Gasteiger partial charge in [-0.15, -0.1) is 21.5 Å². The molecule has 0 aliphatic carbocycles. The van der Waals surface area contributed by atoms with Crippen LogP contribution in [0.25, 0.3) is 17.1 Å². The van der Waals surface area contributed by atoms with Gasteiger partial charge in [-0.2, -0.15) is 0 Å². The Bertz CT molecular complexity index is 1490. The third kappa shape index (κ3) is 5.22. The molecular formula is C24H23ClN4O3S3. The average molecular weight is 547 g/mol. The van der Waals surface area contributed by atoms with Gasteiger partial charge in [-0.25, -0.2) is 12.7 Å². The van der Waals surface area contributed by atoms with Crippen LogP contribution < -0.4 is 0 Å². The molecule has 0 atom stereocenters. The molecule has 182 valence electrons. The van der Waals surface area contributed by atoms with Crippen LogP contribution in [0.1, 0.15) is 20.8 Å². The van der Waals surface area contributed by atoms with Crippen molar-refractivity contribution in [1.82, 2.24) is 19.1 Å². The maximum absolute atomic E-state index is 12.7. The number of hydrogen-bond acceptors (Lipinski definition) is 7. The van der Waals surface area contributed by atoms with E-state index in [-0.39, 0.29) is 16.4 Å². The summed E-state index contributed by atoms with van der Waals surface area (Å²) in [4.78, 5) is 13.5. The molecule has 0 spiro atoms. The van der Waals surface area contributed by atoms with Gasteiger partial charge in [-0.1, -0.05) is 53.7 Å². The number of halogens is 1. The minimum Gasteiger partial charge on any atom is -0.292 e. The van der Waals surface area contributed by atoms with Crippen molar-refractivity contribution in [1.29, 1.82) is 0 Å². The highest BCUT2D eigenvalue weighted by molar-refractivity contribution is 7.99. The second-order valence-corrected chi connectivity index (χ2v) is 12.8. The van der Waals surface area contributed by atoms with Crippen molar-refractivity contribution in [2.24, 2.45) is 0 Å². The van der Waals surface area contributed by atoms with Gasteiger partial charge >= 0.3 is 0 Å². The van der Waals surface area contributed by atoms with Crippen molar-refractivity contribution in [2.45, 2.75) is 23.9 Å². The molecule has 2 aromatic carbocycles. The number of hydrogen-bond donors (Lipinski definition) is 0. The van der Waals surface area contributed by atoms with Crippen molar-refractivity contribution < 1.29 is 13.2 Å². The second kappa shape index (κ2) is 10.2. The van der Waals surface area contributed by atoms with Gasteiger partial charge in [0.25, 0.3) is 0 Å². The Kier molecular flexibility index (Phi) is 7.48. The van der Waals surface area contributed by atoms with Crippen LogP contribution in [0.2, 0.25) is 4.34 Å². The Morgan fingerprint density at radius 3 is 2.37 bits per heavy atom. The van der Waals surface area contributed by atoms with E-state index < -0.39 is 10.0 Å². The van der Waals surface area contributed by atoms with E-state index in [1.54, 1.807) is 36.4 Å². The number of sulfonamides is 1. The molecule has 2 heterocycles. The lowest BCUT2D eigenvalue weighted by Gasteiger charge is -2.16. The first-order chi connectivity index (χ1) is 16.6. The lowest BCUT2D eigenvalue weighted by Crippen LogP contribution is -2.22. The zero-order chi connectivity index (χ0) is 25.3. The molecule has 0 aliphatic heterocycles. The molecular weight excluding hydrogens is 524 g/mol. The van der Waals surface area contributed by atoms with E-state index >= 15 is 0 Å². The molecule has 0 fully saturated rings. The zero-order valence-corrected chi connectivity index (χ0v) is 22.7. The molecule has 0 saturated carbocycles. The predicted molar refractivity (Wildman–Crippen MR) is 142 cm³/mol. The number of carbonyl (C=O) groups is 1. The van der Waals surface area contributed by atoms with Crippen molar-refractivity contribution >= 4 is 50.5 Å². The number of ketones is 1. The van der Waals surface area contributed by atoms with Crippen LogP contribution in [0, 0.1) is 13.8 Å². The van der Waals surface area contributed by atoms with Crippen LogP contribution >= 0.6 is 34.7 Å². The van der Waals surface area contributed by atoms with Crippen molar-refractivity contribution in [3.63, 3.8) is 0 Å². The third-order valence-electron chi connectivity index (χ3n) is 5.35.